The first-order chi connectivity index (χ1) is 7.91. The fraction of sp³-hybridized carbons (Fsp3) is 0.125. The van der Waals surface area contributed by atoms with Crippen LogP contribution in [0.3, 0.4) is 0 Å². The molecule has 0 saturated heterocycles. The van der Waals surface area contributed by atoms with Gasteiger partial charge in [0.2, 0.25) is 0 Å². The minimum atomic E-state index is -3.94. The lowest BCUT2D eigenvalue weighted by Crippen LogP contribution is -2.00. The molecule has 0 spiro atoms. The molecule has 0 atom stereocenters. The van der Waals surface area contributed by atoms with Crippen LogP contribution >= 0.6 is 22.3 Å². The maximum atomic E-state index is 11.3. The Morgan fingerprint density at radius 1 is 1.35 bits per heavy atom. The number of hydrogen-bond donors (Lipinski definition) is 0. The molecule has 2 aromatic rings. The Bertz CT molecular complexity index is 654. The number of aryl methyl sites for hydroxylation is 1. The van der Waals surface area contributed by atoms with Gasteiger partial charge in [0.25, 0.3) is 9.05 Å². The summed E-state index contributed by atoms with van der Waals surface area (Å²) in [6, 6.07) is 0. The molecule has 0 fully saturated rings. The first kappa shape index (κ1) is 12.3. The summed E-state index contributed by atoms with van der Waals surface area (Å²) in [6.07, 6.45) is 4.33. The molecule has 2 aromatic heterocycles. The highest BCUT2D eigenvalue weighted by atomic mass is 35.7. The van der Waals surface area contributed by atoms with Gasteiger partial charge in [-0.1, -0.05) is 11.6 Å². The Kier molecular flexibility index (Phi) is 3.07. The molecule has 9 heteroatoms. The molecule has 0 amide bonds. The van der Waals surface area contributed by atoms with E-state index in [0.29, 0.717) is 5.82 Å². The van der Waals surface area contributed by atoms with Crippen molar-refractivity contribution in [2.45, 2.75) is 11.8 Å². The second kappa shape index (κ2) is 4.25. The monoisotopic (exact) mass is 292 g/mol. The Balaban J connectivity index is 2.69. The van der Waals surface area contributed by atoms with Crippen molar-refractivity contribution in [1.29, 1.82) is 0 Å². The lowest BCUT2D eigenvalue weighted by molar-refractivity contribution is 0.609. The molecule has 2 rings (SSSR count). The Morgan fingerprint density at radius 3 is 2.53 bits per heavy atom. The van der Waals surface area contributed by atoms with Crippen molar-refractivity contribution in [3.05, 3.63) is 29.4 Å². The van der Waals surface area contributed by atoms with Crippen LogP contribution in [0.5, 0.6) is 0 Å². The minimum absolute atomic E-state index is 0.113. The normalized spacial score (nSPS) is 11.7. The lowest BCUT2D eigenvalue weighted by Gasteiger charge is -2.00. The number of hydrogen-bond acceptors (Lipinski definition) is 5. The van der Waals surface area contributed by atoms with Crippen molar-refractivity contribution in [2.24, 2.45) is 0 Å². The second-order valence-electron chi connectivity index (χ2n) is 3.12. The topological polar surface area (TPSA) is 77.7 Å². The fourth-order valence-electron chi connectivity index (χ4n) is 1.31. The summed E-state index contributed by atoms with van der Waals surface area (Å²) in [5.74, 6) is 0.312. The van der Waals surface area contributed by atoms with Crippen LogP contribution in [0, 0.1) is 6.92 Å². The molecule has 0 aliphatic heterocycles. The van der Waals surface area contributed by atoms with Gasteiger partial charge in [0.15, 0.2) is 11.0 Å². The summed E-state index contributed by atoms with van der Waals surface area (Å²) in [4.78, 5) is 7.58. The summed E-state index contributed by atoms with van der Waals surface area (Å²) in [6.45, 7) is 1.49. The van der Waals surface area contributed by atoms with E-state index in [4.69, 9.17) is 22.3 Å². The van der Waals surface area contributed by atoms with Crippen molar-refractivity contribution < 1.29 is 8.42 Å². The van der Waals surface area contributed by atoms with Crippen LogP contribution in [0.1, 0.15) is 5.69 Å². The molecule has 0 aliphatic rings. The number of rotatable bonds is 2. The Hall–Kier alpha value is -1.18. The molecule has 0 radical (unpaired) electrons. The number of nitrogens with zero attached hydrogens (tertiary/aromatic N) is 4. The summed E-state index contributed by atoms with van der Waals surface area (Å²) in [5, 5.41) is 3.85. The molecular formula is C8H6Cl2N4O2S. The van der Waals surface area contributed by atoms with Crippen molar-refractivity contribution in [3.8, 4) is 5.82 Å². The highest BCUT2D eigenvalue weighted by Gasteiger charge is 2.25. The quantitative estimate of drug-likeness (QED) is 0.785. The van der Waals surface area contributed by atoms with E-state index in [1.54, 1.807) is 0 Å². The Morgan fingerprint density at radius 2 is 2.06 bits per heavy atom. The van der Waals surface area contributed by atoms with E-state index in [1.807, 2.05) is 0 Å². The van der Waals surface area contributed by atoms with Gasteiger partial charge in [0, 0.05) is 23.1 Å². The molecule has 0 N–H and O–H groups in total. The SMILES string of the molecule is Cc1nn(-c2cnccn2)c(Cl)c1S(=O)(=O)Cl. The molecule has 0 unspecified atom stereocenters. The fourth-order valence-corrected chi connectivity index (χ4v) is 3.23. The molecule has 90 valence electrons. The summed E-state index contributed by atoms with van der Waals surface area (Å²) in [5.41, 5.74) is 0.204. The van der Waals surface area contributed by atoms with Crippen LogP contribution < -0.4 is 0 Å². The molecule has 0 aliphatic carbocycles. The lowest BCUT2D eigenvalue weighted by atomic mass is 10.5. The van der Waals surface area contributed by atoms with Crippen molar-refractivity contribution in [2.75, 3.05) is 0 Å². The predicted octanol–water partition coefficient (Wildman–Crippen LogP) is 1.55. The zero-order chi connectivity index (χ0) is 12.6. The molecule has 2 heterocycles. The second-order valence-corrected chi connectivity index (χ2v) is 5.98. The first-order valence-corrected chi connectivity index (χ1v) is 7.06. The molecule has 6 nitrogen and oxygen atoms in total. The zero-order valence-corrected chi connectivity index (χ0v) is 10.8. The van der Waals surface area contributed by atoms with Crippen molar-refractivity contribution in [3.63, 3.8) is 0 Å². The van der Waals surface area contributed by atoms with Crippen LogP contribution in [-0.2, 0) is 9.05 Å². The van der Waals surface area contributed by atoms with Crippen LogP contribution in [0.4, 0.5) is 0 Å². The minimum Gasteiger partial charge on any atom is -0.259 e. The van der Waals surface area contributed by atoms with E-state index in [9.17, 15) is 8.42 Å². The molecule has 0 saturated carbocycles. The average molecular weight is 293 g/mol. The van der Waals surface area contributed by atoms with E-state index in [0.717, 1.165) is 0 Å². The molecule has 0 aromatic carbocycles. The number of aromatic nitrogens is 4. The van der Waals surface area contributed by atoms with Gasteiger partial charge in [-0.15, -0.1) is 0 Å². The highest BCUT2D eigenvalue weighted by Crippen LogP contribution is 2.29. The summed E-state index contributed by atoms with van der Waals surface area (Å²) >= 11 is 5.92. The van der Waals surface area contributed by atoms with Gasteiger partial charge in [-0.25, -0.2) is 18.1 Å². The van der Waals surface area contributed by atoms with Crippen LogP contribution in [0.15, 0.2) is 23.5 Å². The van der Waals surface area contributed by atoms with Gasteiger partial charge < -0.3 is 0 Å². The van der Waals surface area contributed by atoms with E-state index < -0.39 is 9.05 Å². The number of halogens is 2. The van der Waals surface area contributed by atoms with E-state index in [1.165, 1.54) is 30.2 Å². The third-order valence-corrected chi connectivity index (χ3v) is 3.86. The molecular weight excluding hydrogens is 287 g/mol. The smallest absolute Gasteiger partial charge is 0.259 e. The standard InChI is InChI=1S/C8H6Cl2N4O2S/c1-5-7(17(10,15)16)8(9)14(13-5)6-4-11-2-3-12-6/h2-4H,1H3. The third-order valence-electron chi connectivity index (χ3n) is 1.96. The van der Waals surface area contributed by atoms with Gasteiger partial charge in [-0.05, 0) is 6.92 Å². The van der Waals surface area contributed by atoms with Gasteiger partial charge in [-0.3, -0.25) is 4.98 Å². The maximum absolute atomic E-state index is 11.3. The predicted molar refractivity (Wildman–Crippen MR) is 61.9 cm³/mol. The summed E-state index contributed by atoms with van der Waals surface area (Å²) in [7, 11) is 1.33. The third kappa shape index (κ3) is 2.26. The van der Waals surface area contributed by atoms with E-state index in [2.05, 4.69) is 15.1 Å². The van der Waals surface area contributed by atoms with Crippen LogP contribution in [0.25, 0.3) is 5.82 Å². The van der Waals surface area contributed by atoms with Crippen molar-refractivity contribution >= 4 is 31.3 Å². The average Bonchev–Trinajstić information content (AvgIpc) is 2.54. The first-order valence-electron chi connectivity index (χ1n) is 4.37. The molecule has 0 bridgehead atoms. The zero-order valence-electron chi connectivity index (χ0n) is 8.50. The molecule has 17 heavy (non-hydrogen) atoms. The van der Waals surface area contributed by atoms with Crippen LogP contribution in [0.2, 0.25) is 5.15 Å². The Labute approximate surface area is 107 Å². The van der Waals surface area contributed by atoms with E-state index >= 15 is 0 Å². The van der Waals surface area contributed by atoms with Gasteiger partial charge >= 0.3 is 0 Å². The van der Waals surface area contributed by atoms with Gasteiger partial charge in [-0.2, -0.15) is 5.10 Å². The van der Waals surface area contributed by atoms with Crippen LogP contribution in [-0.4, -0.2) is 28.2 Å². The van der Waals surface area contributed by atoms with Crippen molar-refractivity contribution in [1.82, 2.24) is 19.7 Å². The highest BCUT2D eigenvalue weighted by molar-refractivity contribution is 8.13. The van der Waals surface area contributed by atoms with Gasteiger partial charge in [0.1, 0.15) is 4.90 Å². The maximum Gasteiger partial charge on any atom is 0.266 e. The summed E-state index contributed by atoms with van der Waals surface area (Å²) < 4.78 is 23.8. The van der Waals surface area contributed by atoms with E-state index in [-0.39, 0.29) is 15.7 Å². The largest absolute Gasteiger partial charge is 0.266 e. The van der Waals surface area contributed by atoms with Gasteiger partial charge in [0.05, 0.1) is 11.9 Å².